The molecule has 0 bridgehead atoms. The summed E-state index contributed by atoms with van der Waals surface area (Å²) in [4.78, 5) is 24.1. The highest BCUT2D eigenvalue weighted by Gasteiger charge is 2.17. The quantitative estimate of drug-likeness (QED) is 0.755. The molecule has 2 N–H and O–H groups in total. The van der Waals surface area contributed by atoms with Gasteiger partial charge in [0.1, 0.15) is 5.70 Å². The van der Waals surface area contributed by atoms with E-state index in [0.717, 1.165) is 17.5 Å². The summed E-state index contributed by atoms with van der Waals surface area (Å²) in [6.07, 6.45) is 2.40. The van der Waals surface area contributed by atoms with Crippen LogP contribution < -0.4 is 20.1 Å². The zero-order chi connectivity index (χ0) is 19.9. The highest BCUT2D eigenvalue weighted by molar-refractivity contribution is 6.32. The Bertz CT molecular complexity index is 897. The van der Waals surface area contributed by atoms with Gasteiger partial charge in [-0.25, -0.2) is 0 Å². The number of ether oxygens (including phenoxy) is 2. The molecule has 0 radical (unpaired) electrons. The molecule has 2 amide bonds. The van der Waals surface area contributed by atoms with Gasteiger partial charge < -0.3 is 20.1 Å². The minimum absolute atomic E-state index is 0.166. The summed E-state index contributed by atoms with van der Waals surface area (Å²) in [6.45, 7) is 2.68. The Morgan fingerprint density at radius 3 is 2.64 bits per heavy atom. The molecule has 0 unspecified atom stereocenters. The maximum absolute atomic E-state index is 12.6. The van der Waals surface area contributed by atoms with E-state index < -0.39 is 5.91 Å². The van der Waals surface area contributed by atoms with Gasteiger partial charge in [0.05, 0.1) is 18.2 Å². The van der Waals surface area contributed by atoms with E-state index in [4.69, 9.17) is 21.1 Å². The topological polar surface area (TPSA) is 76.7 Å². The summed E-state index contributed by atoms with van der Waals surface area (Å²) >= 11 is 6.29. The molecular formula is C21H21ClN2O4. The fourth-order valence-electron chi connectivity index (χ4n) is 2.73. The van der Waals surface area contributed by atoms with Crippen LogP contribution in [0.3, 0.4) is 0 Å². The molecule has 0 spiro atoms. The van der Waals surface area contributed by atoms with Crippen LogP contribution in [0.5, 0.6) is 11.5 Å². The number of hydrogen-bond acceptors (Lipinski definition) is 4. The number of halogens is 1. The van der Waals surface area contributed by atoms with Gasteiger partial charge in [-0.05, 0) is 29.3 Å². The van der Waals surface area contributed by atoms with Gasteiger partial charge in [0.15, 0.2) is 11.5 Å². The Hall–Kier alpha value is -2.99. The molecule has 1 aliphatic heterocycles. The van der Waals surface area contributed by atoms with Crippen LogP contribution in [0.15, 0.2) is 48.2 Å². The summed E-state index contributed by atoms with van der Waals surface area (Å²) < 4.78 is 11.3. The maximum atomic E-state index is 12.6. The van der Waals surface area contributed by atoms with Crippen LogP contribution in [0.25, 0.3) is 6.08 Å². The van der Waals surface area contributed by atoms with Crippen LogP contribution in [0.2, 0.25) is 5.02 Å². The molecule has 1 aliphatic rings. The summed E-state index contributed by atoms with van der Waals surface area (Å²) in [5, 5.41) is 5.81. The second kappa shape index (κ2) is 9.28. The molecule has 0 atom stereocenters. The predicted molar refractivity (Wildman–Crippen MR) is 107 cm³/mol. The van der Waals surface area contributed by atoms with Gasteiger partial charge in [-0.3, -0.25) is 9.59 Å². The first-order chi connectivity index (χ1) is 13.5. The Labute approximate surface area is 168 Å². The van der Waals surface area contributed by atoms with Crippen molar-refractivity contribution in [3.05, 3.63) is 64.3 Å². The van der Waals surface area contributed by atoms with Crippen LogP contribution in [-0.4, -0.2) is 25.0 Å². The molecule has 0 aromatic heterocycles. The highest BCUT2D eigenvalue weighted by atomic mass is 35.5. The van der Waals surface area contributed by atoms with E-state index in [1.165, 1.54) is 6.92 Å². The zero-order valence-electron chi connectivity index (χ0n) is 15.5. The summed E-state index contributed by atoms with van der Waals surface area (Å²) in [5.41, 5.74) is 1.74. The average Bonchev–Trinajstić information content (AvgIpc) is 2.92. The lowest BCUT2D eigenvalue weighted by atomic mass is 10.1. The van der Waals surface area contributed by atoms with Crippen molar-refractivity contribution in [2.75, 3.05) is 13.2 Å². The largest absolute Gasteiger partial charge is 0.489 e. The van der Waals surface area contributed by atoms with E-state index in [0.29, 0.717) is 29.7 Å². The SMILES string of the molecule is CC(=O)N/C(=C\c1ccccc1)C(=O)NCc1cc(Cl)c2c(c1)OCCCO2. The van der Waals surface area contributed by atoms with Crippen molar-refractivity contribution < 1.29 is 19.1 Å². The van der Waals surface area contributed by atoms with Crippen LogP contribution in [0, 0.1) is 0 Å². The van der Waals surface area contributed by atoms with E-state index in [2.05, 4.69) is 10.6 Å². The second-order valence-corrected chi connectivity index (χ2v) is 6.70. The monoisotopic (exact) mass is 400 g/mol. The first-order valence-corrected chi connectivity index (χ1v) is 9.31. The van der Waals surface area contributed by atoms with E-state index in [-0.39, 0.29) is 18.1 Å². The van der Waals surface area contributed by atoms with E-state index >= 15 is 0 Å². The molecule has 0 aliphatic carbocycles. The number of fused-ring (bicyclic) bond motifs is 1. The van der Waals surface area contributed by atoms with Crippen LogP contribution >= 0.6 is 11.6 Å². The fourth-order valence-corrected chi connectivity index (χ4v) is 3.02. The molecule has 3 rings (SSSR count). The van der Waals surface area contributed by atoms with E-state index in [1.807, 2.05) is 30.3 Å². The van der Waals surface area contributed by atoms with Gasteiger partial charge in [-0.15, -0.1) is 0 Å². The van der Waals surface area contributed by atoms with Gasteiger partial charge in [0.2, 0.25) is 5.91 Å². The smallest absolute Gasteiger partial charge is 0.268 e. The molecule has 0 fully saturated rings. The normalized spacial score (nSPS) is 13.4. The highest BCUT2D eigenvalue weighted by Crippen LogP contribution is 2.37. The minimum Gasteiger partial charge on any atom is -0.489 e. The van der Waals surface area contributed by atoms with Crippen molar-refractivity contribution in [3.63, 3.8) is 0 Å². The minimum atomic E-state index is -0.401. The van der Waals surface area contributed by atoms with Crippen LogP contribution in [0.4, 0.5) is 0 Å². The van der Waals surface area contributed by atoms with E-state index in [9.17, 15) is 9.59 Å². The number of hydrogen-bond donors (Lipinski definition) is 2. The van der Waals surface area contributed by atoms with Gasteiger partial charge in [-0.1, -0.05) is 41.9 Å². The molecule has 2 aromatic rings. The molecule has 1 heterocycles. The maximum Gasteiger partial charge on any atom is 0.268 e. The first kappa shape index (κ1) is 19.8. The summed E-state index contributed by atoms with van der Waals surface area (Å²) in [7, 11) is 0. The second-order valence-electron chi connectivity index (χ2n) is 6.29. The van der Waals surface area contributed by atoms with Crippen molar-refractivity contribution in [2.45, 2.75) is 19.9 Å². The van der Waals surface area contributed by atoms with Gasteiger partial charge >= 0.3 is 0 Å². The predicted octanol–water partition coefficient (Wildman–Crippen LogP) is 3.29. The van der Waals surface area contributed by atoms with Gasteiger partial charge in [0, 0.05) is 19.9 Å². The number of rotatable bonds is 5. The lowest BCUT2D eigenvalue weighted by Gasteiger charge is -2.13. The number of nitrogens with one attached hydrogen (secondary N) is 2. The standard InChI is InChI=1S/C21H21ClN2O4/c1-14(25)24-18(11-15-6-3-2-4-7-15)21(26)23-13-16-10-17(22)20-19(12-16)27-8-5-9-28-20/h2-4,6-7,10-12H,5,8-9,13H2,1H3,(H,23,26)(H,24,25)/b18-11-. The number of amides is 2. The van der Waals surface area contributed by atoms with Crippen LogP contribution in [0.1, 0.15) is 24.5 Å². The van der Waals surface area contributed by atoms with Crippen LogP contribution in [-0.2, 0) is 16.1 Å². The van der Waals surface area contributed by atoms with Crippen molar-refractivity contribution in [3.8, 4) is 11.5 Å². The molecule has 146 valence electrons. The number of benzene rings is 2. The Balaban J connectivity index is 1.74. The summed E-state index contributed by atoms with van der Waals surface area (Å²) in [6, 6.07) is 12.8. The Morgan fingerprint density at radius 1 is 1.14 bits per heavy atom. The molecule has 7 heteroatoms. The first-order valence-electron chi connectivity index (χ1n) is 8.93. The fraction of sp³-hybridized carbons (Fsp3) is 0.238. The molecular weight excluding hydrogens is 380 g/mol. The van der Waals surface area contributed by atoms with E-state index in [1.54, 1.807) is 18.2 Å². The molecule has 28 heavy (non-hydrogen) atoms. The van der Waals surface area contributed by atoms with Gasteiger partial charge in [-0.2, -0.15) is 0 Å². The zero-order valence-corrected chi connectivity index (χ0v) is 16.2. The molecule has 6 nitrogen and oxygen atoms in total. The average molecular weight is 401 g/mol. The Morgan fingerprint density at radius 2 is 1.89 bits per heavy atom. The lowest BCUT2D eigenvalue weighted by Crippen LogP contribution is -2.33. The third kappa shape index (κ3) is 5.27. The third-order valence-corrected chi connectivity index (χ3v) is 4.26. The molecule has 2 aromatic carbocycles. The molecule has 0 saturated heterocycles. The number of carbonyl (C=O) groups excluding carboxylic acids is 2. The van der Waals surface area contributed by atoms with Crippen molar-refractivity contribution in [2.24, 2.45) is 0 Å². The third-order valence-electron chi connectivity index (χ3n) is 3.98. The lowest BCUT2D eigenvalue weighted by molar-refractivity contribution is -0.122. The van der Waals surface area contributed by atoms with Crippen molar-refractivity contribution in [1.29, 1.82) is 0 Å². The van der Waals surface area contributed by atoms with Gasteiger partial charge in [0.25, 0.3) is 5.91 Å². The number of carbonyl (C=O) groups is 2. The Kier molecular flexibility index (Phi) is 6.55. The van der Waals surface area contributed by atoms with Crippen molar-refractivity contribution >= 4 is 29.5 Å². The summed E-state index contributed by atoms with van der Waals surface area (Å²) in [5.74, 6) is 0.367. The molecule has 0 saturated carbocycles. The van der Waals surface area contributed by atoms with Crippen molar-refractivity contribution in [1.82, 2.24) is 10.6 Å².